The molecule has 0 radical (unpaired) electrons. The third kappa shape index (κ3) is 2.32. The number of hydrogen-bond acceptors (Lipinski definition) is 3. The number of nitrogens with zero attached hydrogens (tertiary/aromatic N) is 1. The lowest BCUT2D eigenvalue weighted by Gasteiger charge is -2.38. The van der Waals surface area contributed by atoms with E-state index < -0.39 is 0 Å². The van der Waals surface area contributed by atoms with Crippen molar-refractivity contribution in [1.82, 2.24) is 0 Å². The average Bonchev–Trinajstić information content (AvgIpc) is 3.39. The van der Waals surface area contributed by atoms with Crippen LogP contribution in [0.5, 0.6) is 11.5 Å². The summed E-state index contributed by atoms with van der Waals surface area (Å²) in [5.74, 6) is 2.84. The molecule has 0 atom stereocenters. The Labute approximate surface area is 204 Å². The number of rotatable bonds is 1. The molecule has 35 heavy (non-hydrogen) atoms. The molecule has 0 spiro atoms. The van der Waals surface area contributed by atoms with Gasteiger partial charge in [-0.25, -0.2) is 0 Å². The van der Waals surface area contributed by atoms with E-state index in [9.17, 15) is 0 Å². The lowest BCUT2D eigenvalue weighted by molar-refractivity contribution is 0.456. The van der Waals surface area contributed by atoms with Crippen LogP contribution in [-0.4, -0.2) is 6.71 Å². The first-order chi connectivity index (χ1) is 17.1. The lowest BCUT2D eigenvalue weighted by Crippen LogP contribution is -2.59. The summed E-state index contributed by atoms with van der Waals surface area (Å²) in [4.78, 5) is 2.38. The fraction of sp³-hybridized carbons (Fsp3) is 0.0968. The van der Waals surface area contributed by atoms with Gasteiger partial charge < -0.3 is 14.1 Å². The Morgan fingerprint density at radius 2 is 1.49 bits per heavy atom. The van der Waals surface area contributed by atoms with Crippen molar-refractivity contribution in [3.63, 3.8) is 0 Å². The number of hydrogen-bond donors (Lipinski definition) is 0. The number of benzene rings is 4. The van der Waals surface area contributed by atoms with Gasteiger partial charge in [-0.2, -0.15) is 0 Å². The molecular weight excluding hydrogens is 429 g/mol. The fourth-order valence-electron chi connectivity index (χ4n) is 6.35. The van der Waals surface area contributed by atoms with Gasteiger partial charge in [-0.1, -0.05) is 66.7 Å². The van der Waals surface area contributed by atoms with Crippen molar-refractivity contribution in [3.05, 3.63) is 108 Å². The van der Waals surface area contributed by atoms with E-state index in [4.69, 9.17) is 9.15 Å². The van der Waals surface area contributed by atoms with E-state index in [0.29, 0.717) is 0 Å². The summed E-state index contributed by atoms with van der Waals surface area (Å²) in [5.41, 5.74) is 10.3. The Bertz CT molecular complexity index is 1670. The Balaban J connectivity index is 1.53. The van der Waals surface area contributed by atoms with Gasteiger partial charge in [0.05, 0.1) is 11.3 Å². The van der Waals surface area contributed by atoms with Gasteiger partial charge in [-0.05, 0) is 60.8 Å². The normalized spacial score (nSPS) is 15.5. The van der Waals surface area contributed by atoms with Crippen molar-refractivity contribution in [2.24, 2.45) is 0 Å². The van der Waals surface area contributed by atoms with Crippen LogP contribution in [0.4, 0.5) is 17.1 Å². The molecule has 5 aromatic rings. The minimum absolute atomic E-state index is 0.0188. The monoisotopic (exact) mass is 451 g/mol. The van der Waals surface area contributed by atoms with Crippen LogP contribution < -0.4 is 26.2 Å². The number of ether oxygens (including phenoxy) is 1. The molecule has 8 rings (SSSR count). The first-order valence-corrected chi connectivity index (χ1v) is 12.2. The first-order valence-electron chi connectivity index (χ1n) is 12.2. The van der Waals surface area contributed by atoms with Gasteiger partial charge in [0.25, 0.3) is 0 Å². The molecule has 1 aromatic heterocycles. The smallest absolute Gasteiger partial charge is 0.301 e. The molecule has 0 unspecified atom stereocenters. The van der Waals surface area contributed by atoms with Crippen LogP contribution in [-0.2, 0) is 5.41 Å². The molecule has 3 aliphatic rings. The van der Waals surface area contributed by atoms with Crippen molar-refractivity contribution < 1.29 is 9.15 Å². The number of fused-ring (bicyclic) bond motifs is 8. The topological polar surface area (TPSA) is 25.6 Å². The molecule has 2 aliphatic heterocycles. The van der Waals surface area contributed by atoms with Crippen LogP contribution in [0, 0.1) is 0 Å². The Kier molecular flexibility index (Phi) is 3.55. The van der Waals surface area contributed by atoms with E-state index >= 15 is 0 Å². The van der Waals surface area contributed by atoms with Gasteiger partial charge in [0.15, 0.2) is 0 Å². The van der Waals surface area contributed by atoms with Crippen LogP contribution in [0.1, 0.15) is 25.2 Å². The summed E-state index contributed by atoms with van der Waals surface area (Å²) in [6.07, 6.45) is 0. The van der Waals surface area contributed by atoms with Gasteiger partial charge in [0.2, 0.25) is 0 Å². The summed E-state index contributed by atoms with van der Waals surface area (Å²) in [6.45, 7) is 4.53. The molecule has 3 heterocycles. The predicted octanol–water partition coefficient (Wildman–Crippen LogP) is 5.99. The second-order valence-electron chi connectivity index (χ2n) is 10.1. The molecule has 3 nitrogen and oxygen atoms in total. The maximum atomic E-state index is 7.01. The molecule has 166 valence electrons. The second-order valence-corrected chi connectivity index (χ2v) is 10.1. The van der Waals surface area contributed by atoms with Gasteiger partial charge >= 0.3 is 6.71 Å². The number of anilines is 3. The predicted molar refractivity (Wildman–Crippen MR) is 142 cm³/mol. The number of para-hydroxylation sites is 2. The zero-order valence-electron chi connectivity index (χ0n) is 19.6. The van der Waals surface area contributed by atoms with Crippen LogP contribution >= 0.6 is 0 Å². The van der Waals surface area contributed by atoms with E-state index in [1.807, 2.05) is 6.07 Å². The van der Waals surface area contributed by atoms with E-state index in [1.54, 1.807) is 0 Å². The summed E-state index contributed by atoms with van der Waals surface area (Å²) < 4.78 is 13.4. The Hall–Kier alpha value is -4.18. The minimum atomic E-state index is -0.217. The average molecular weight is 451 g/mol. The summed E-state index contributed by atoms with van der Waals surface area (Å²) in [7, 11) is 0. The van der Waals surface area contributed by atoms with E-state index in [1.165, 1.54) is 22.2 Å². The Morgan fingerprint density at radius 1 is 0.743 bits per heavy atom. The lowest BCUT2D eigenvalue weighted by atomic mass is 9.36. The molecule has 0 saturated heterocycles. The molecule has 0 fully saturated rings. The van der Waals surface area contributed by atoms with Gasteiger partial charge in [-0.15, -0.1) is 0 Å². The summed E-state index contributed by atoms with van der Waals surface area (Å²) in [6, 6.07) is 34.1. The van der Waals surface area contributed by atoms with Crippen molar-refractivity contribution in [2.75, 3.05) is 4.90 Å². The van der Waals surface area contributed by atoms with Crippen molar-refractivity contribution in [2.45, 2.75) is 19.3 Å². The standard InChI is InChI=1S/C31H22BNO2/c1-31(2)21-14-7-6-13-20(21)26-28-30(35-29(26)31)32-22-15-8-9-17-24(22)34-25-18-10-16-23(27(25)32)33(28)19-11-4-3-5-12-19/h3-18H,1-2H3. The molecule has 0 saturated carbocycles. The maximum Gasteiger partial charge on any atom is 0.301 e. The maximum absolute atomic E-state index is 7.01. The van der Waals surface area contributed by atoms with Crippen molar-refractivity contribution in [3.8, 4) is 22.6 Å². The second kappa shape index (κ2) is 6.48. The quantitative estimate of drug-likeness (QED) is 0.287. The zero-order valence-corrected chi connectivity index (χ0v) is 19.6. The molecule has 0 bridgehead atoms. The van der Waals surface area contributed by atoms with Gasteiger partial charge in [-0.3, -0.25) is 0 Å². The Morgan fingerprint density at radius 3 is 2.37 bits per heavy atom. The first kappa shape index (κ1) is 19.2. The highest BCUT2D eigenvalue weighted by molar-refractivity contribution is 6.98. The highest BCUT2D eigenvalue weighted by atomic mass is 16.5. The third-order valence-electron chi connectivity index (χ3n) is 7.87. The number of furan rings is 1. The van der Waals surface area contributed by atoms with Gasteiger partial charge in [0.1, 0.15) is 17.3 Å². The van der Waals surface area contributed by atoms with Crippen molar-refractivity contribution >= 4 is 40.4 Å². The fourth-order valence-corrected chi connectivity index (χ4v) is 6.35. The molecule has 4 heteroatoms. The van der Waals surface area contributed by atoms with Crippen LogP contribution in [0.2, 0.25) is 0 Å². The molecule has 0 N–H and O–H groups in total. The van der Waals surface area contributed by atoms with E-state index in [0.717, 1.165) is 45.4 Å². The SMILES string of the molecule is CC1(C)c2ccccc2-c2c1oc1c2N(c2ccccc2)c2cccc3c2B1c1ccccc1O3. The molecular formula is C31H22BNO2. The minimum Gasteiger partial charge on any atom is -0.471 e. The van der Waals surface area contributed by atoms with E-state index in [-0.39, 0.29) is 12.1 Å². The molecule has 0 amide bonds. The molecule has 1 aliphatic carbocycles. The molecule has 4 aromatic carbocycles. The summed E-state index contributed by atoms with van der Waals surface area (Å²) in [5, 5.41) is 0. The third-order valence-corrected chi connectivity index (χ3v) is 7.87. The highest BCUT2D eigenvalue weighted by Crippen LogP contribution is 2.55. The highest BCUT2D eigenvalue weighted by Gasteiger charge is 2.50. The van der Waals surface area contributed by atoms with Crippen LogP contribution in [0.25, 0.3) is 11.1 Å². The van der Waals surface area contributed by atoms with Crippen molar-refractivity contribution in [1.29, 1.82) is 0 Å². The largest absolute Gasteiger partial charge is 0.471 e. The van der Waals surface area contributed by atoms with Crippen LogP contribution in [0.3, 0.4) is 0 Å². The van der Waals surface area contributed by atoms with Crippen LogP contribution in [0.15, 0.2) is 101 Å². The summed E-state index contributed by atoms with van der Waals surface area (Å²) >= 11 is 0. The van der Waals surface area contributed by atoms with E-state index in [2.05, 4.69) is 110 Å². The zero-order chi connectivity index (χ0) is 23.3. The van der Waals surface area contributed by atoms with Gasteiger partial charge in [0, 0.05) is 27.8 Å².